The van der Waals surface area contributed by atoms with Crippen molar-refractivity contribution in [1.82, 2.24) is 33.4 Å². The minimum absolute atomic E-state index is 0.0180. The summed E-state index contributed by atoms with van der Waals surface area (Å²) in [6.07, 6.45) is 9.14. The first-order chi connectivity index (χ1) is 29.3. The van der Waals surface area contributed by atoms with Gasteiger partial charge >= 0.3 is 0 Å². The Kier molecular flexibility index (Phi) is 10.5. The fourth-order valence-electron chi connectivity index (χ4n) is 7.35. The summed E-state index contributed by atoms with van der Waals surface area (Å²) in [7, 11) is 6.44. The Balaban J connectivity index is 0.837. The second kappa shape index (κ2) is 16.0. The van der Waals surface area contributed by atoms with Gasteiger partial charge in [-0.25, -0.2) is 4.98 Å². The summed E-state index contributed by atoms with van der Waals surface area (Å²) in [4.78, 5) is 76.7. The number of aromatic nitrogens is 6. The van der Waals surface area contributed by atoms with Crippen LogP contribution in [0.3, 0.4) is 0 Å². The summed E-state index contributed by atoms with van der Waals surface area (Å²) in [6.45, 7) is 4.67. The monoisotopic (exact) mass is 826 g/mol. The molecule has 0 unspecified atom stereocenters. The van der Waals surface area contributed by atoms with Crippen molar-refractivity contribution < 1.29 is 33.4 Å². The summed E-state index contributed by atoms with van der Waals surface area (Å²) in [5.41, 5.74) is 10.1. The number of rotatable bonds is 12. The van der Waals surface area contributed by atoms with E-state index in [9.17, 15) is 24.0 Å². The number of fused-ring (bicyclic) bond motifs is 3. The number of carbonyl (C=O) groups excluding carboxylic acids is 5. The molecule has 312 valence electrons. The maximum absolute atomic E-state index is 13.4. The molecular formula is C42H42N12O7. The first-order valence-electron chi connectivity index (χ1n) is 19.2. The molecule has 2 aliphatic heterocycles. The number of nitrogen functional groups attached to an aromatic ring is 1. The number of imidazole rings is 1. The minimum Gasteiger partial charge on any atom is -0.493 e. The lowest BCUT2D eigenvalue weighted by atomic mass is 10.1. The van der Waals surface area contributed by atoms with Crippen LogP contribution < -0.4 is 31.2 Å². The van der Waals surface area contributed by atoms with Gasteiger partial charge in [0.1, 0.15) is 11.4 Å². The number of aliphatic imine (C=N–C) groups is 1. The molecule has 19 heteroatoms. The van der Waals surface area contributed by atoms with E-state index in [2.05, 4.69) is 37.6 Å². The molecule has 8 rings (SSSR count). The van der Waals surface area contributed by atoms with Gasteiger partial charge in [0.05, 0.1) is 54.1 Å². The van der Waals surface area contributed by atoms with Crippen LogP contribution in [0.4, 0.5) is 28.6 Å². The van der Waals surface area contributed by atoms with E-state index >= 15 is 0 Å². The number of nitrogens with two attached hydrogens (primary N) is 1. The smallest absolute Gasteiger partial charge is 0.295 e. The molecule has 1 atom stereocenters. The number of carbonyl (C=O) groups is 5. The zero-order valence-electron chi connectivity index (χ0n) is 33.8. The lowest BCUT2D eigenvalue weighted by Gasteiger charge is -2.20. The van der Waals surface area contributed by atoms with Crippen LogP contribution in [0.15, 0.2) is 84.4 Å². The first-order valence-corrected chi connectivity index (χ1v) is 19.2. The highest BCUT2D eigenvalue weighted by Gasteiger charge is 2.34. The van der Waals surface area contributed by atoms with Gasteiger partial charge in [-0.1, -0.05) is 12.2 Å². The first kappa shape index (κ1) is 39.8. The van der Waals surface area contributed by atoms with Crippen molar-refractivity contribution in [3.63, 3.8) is 0 Å². The molecule has 0 radical (unpaired) electrons. The number of nitrogens with one attached hydrogen (secondary N) is 3. The number of amides is 4. The van der Waals surface area contributed by atoms with Crippen LogP contribution in [-0.2, 0) is 25.9 Å². The molecule has 19 nitrogen and oxygen atoms in total. The fourth-order valence-corrected chi connectivity index (χ4v) is 7.35. The van der Waals surface area contributed by atoms with Crippen LogP contribution in [0.2, 0.25) is 0 Å². The molecule has 2 aromatic carbocycles. The van der Waals surface area contributed by atoms with Gasteiger partial charge in [-0.15, -0.1) is 0 Å². The standard InChI is InChI=1S/C42H42N12O7/c1-23-11-28-18-44-30-16-35(34(60-5)15-29(30)41(58)53(28)19-23)61-10-6-7-37(55)48-36-22-52(4)38(49-36)40(57)47-26-13-32(50(2)20-26)39(56)46-27-14-33(51(3)21-27)42(59)54-31-12-25(43)9-8-24(31)17-45-54/h8-9,12-18,20-22,28H,1,6-7,10-11,19,43H2,2-5H3,(H,46,56)(H,47,57)(H,48,55)/t28-/m0/s1. The normalized spacial score (nSPS) is 14.4. The predicted octanol–water partition coefficient (Wildman–Crippen LogP) is 4.52. The second-order valence-corrected chi connectivity index (χ2v) is 14.9. The topological polar surface area (TPSA) is 227 Å². The van der Waals surface area contributed by atoms with Crippen LogP contribution in [0.25, 0.3) is 10.9 Å². The molecule has 6 aromatic rings. The fraction of sp³-hybridized carbons (Fsp3) is 0.238. The summed E-state index contributed by atoms with van der Waals surface area (Å²) < 4.78 is 17.3. The van der Waals surface area contributed by atoms with Crippen molar-refractivity contribution in [3.05, 3.63) is 102 Å². The molecular weight excluding hydrogens is 785 g/mol. The Morgan fingerprint density at radius 1 is 0.902 bits per heavy atom. The van der Waals surface area contributed by atoms with E-state index in [1.54, 1.807) is 96.4 Å². The predicted molar refractivity (Wildman–Crippen MR) is 227 cm³/mol. The van der Waals surface area contributed by atoms with Crippen LogP contribution in [0, 0.1) is 0 Å². The van der Waals surface area contributed by atoms with E-state index in [4.69, 9.17) is 15.2 Å². The minimum atomic E-state index is -0.570. The number of aryl methyl sites for hydroxylation is 3. The quantitative estimate of drug-likeness (QED) is 0.0767. The SMILES string of the molecule is C=C1C[C@H]2C=Nc3cc(OCCCC(=O)Nc4cn(C)c(C(=O)Nc5cc(C(=O)Nc6cc(C(=O)n7ncc8ccc(N)cc87)n(C)c6)n(C)c5)n4)c(OC)cc3C(=O)N2C1. The third kappa shape index (κ3) is 7.95. The number of ether oxygens (including phenoxy) is 2. The highest BCUT2D eigenvalue weighted by atomic mass is 16.5. The summed E-state index contributed by atoms with van der Waals surface area (Å²) >= 11 is 0. The van der Waals surface area contributed by atoms with Gasteiger partial charge in [0, 0.05) is 76.1 Å². The number of benzene rings is 2. The van der Waals surface area contributed by atoms with Crippen LogP contribution >= 0.6 is 0 Å². The van der Waals surface area contributed by atoms with E-state index in [1.807, 2.05) is 0 Å². The third-order valence-corrected chi connectivity index (χ3v) is 10.4. The summed E-state index contributed by atoms with van der Waals surface area (Å²) in [5, 5.41) is 13.2. The van der Waals surface area contributed by atoms with Crippen LogP contribution in [0.5, 0.6) is 11.5 Å². The number of hydrogen-bond acceptors (Lipinski definition) is 11. The van der Waals surface area contributed by atoms with Gasteiger partial charge in [-0.3, -0.25) is 29.0 Å². The Morgan fingerprint density at radius 2 is 1.64 bits per heavy atom. The van der Waals surface area contributed by atoms with Gasteiger partial charge in [-0.2, -0.15) is 9.78 Å². The maximum atomic E-state index is 13.4. The third-order valence-electron chi connectivity index (χ3n) is 10.4. The molecule has 1 fully saturated rings. The molecule has 6 heterocycles. The Morgan fingerprint density at radius 3 is 2.41 bits per heavy atom. The molecule has 0 aliphatic carbocycles. The summed E-state index contributed by atoms with van der Waals surface area (Å²) in [6, 6.07) is 11.4. The molecule has 0 spiro atoms. The number of hydrogen-bond donors (Lipinski definition) is 4. The van der Waals surface area contributed by atoms with Gasteiger partial charge < -0.3 is 49.8 Å². The van der Waals surface area contributed by atoms with Gasteiger partial charge in [0.15, 0.2) is 17.3 Å². The van der Waals surface area contributed by atoms with Crippen molar-refractivity contribution in [3.8, 4) is 11.5 Å². The number of nitrogens with zero attached hydrogens (tertiary/aromatic N) is 8. The van der Waals surface area contributed by atoms with E-state index in [0.29, 0.717) is 64.7 Å². The Bertz CT molecular complexity index is 2820. The highest BCUT2D eigenvalue weighted by molar-refractivity contribution is 6.08. The van der Waals surface area contributed by atoms with Crippen LogP contribution in [0.1, 0.15) is 61.2 Å². The van der Waals surface area contributed by atoms with E-state index in [1.165, 1.54) is 28.6 Å². The zero-order valence-corrected chi connectivity index (χ0v) is 33.8. The van der Waals surface area contributed by atoms with Gasteiger partial charge in [0.2, 0.25) is 11.7 Å². The van der Waals surface area contributed by atoms with Crippen molar-refractivity contribution in [2.75, 3.05) is 41.9 Å². The Hall–Kier alpha value is -7.96. The molecule has 4 aromatic heterocycles. The van der Waals surface area contributed by atoms with E-state index < -0.39 is 17.7 Å². The average molecular weight is 827 g/mol. The Labute approximate surface area is 348 Å². The van der Waals surface area contributed by atoms with E-state index in [0.717, 1.165) is 11.0 Å². The van der Waals surface area contributed by atoms with E-state index in [-0.39, 0.29) is 53.9 Å². The highest BCUT2D eigenvalue weighted by Crippen LogP contribution is 2.38. The van der Waals surface area contributed by atoms with Gasteiger partial charge in [-0.05, 0) is 49.2 Å². The van der Waals surface area contributed by atoms with Crippen molar-refractivity contribution in [1.29, 1.82) is 0 Å². The molecule has 0 saturated carbocycles. The summed E-state index contributed by atoms with van der Waals surface area (Å²) in [5.74, 6) is -0.971. The van der Waals surface area contributed by atoms with Crippen molar-refractivity contribution >= 4 is 75.2 Å². The molecule has 2 aliphatic rings. The molecule has 0 bridgehead atoms. The number of methoxy groups -OCH3 is 1. The van der Waals surface area contributed by atoms with Crippen molar-refractivity contribution in [2.45, 2.75) is 25.3 Å². The second-order valence-electron chi connectivity index (χ2n) is 14.9. The maximum Gasteiger partial charge on any atom is 0.295 e. The number of anilines is 4. The largest absolute Gasteiger partial charge is 0.493 e. The van der Waals surface area contributed by atoms with Crippen LogP contribution in [-0.4, -0.2) is 95.4 Å². The molecule has 61 heavy (non-hydrogen) atoms. The molecule has 1 saturated heterocycles. The van der Waals surface area contributed by atoms with Gasteiger partial charge in [0.25, 0.3) is 23.6 Å². The van der Waals surface area contributed by atoms with Crippen molar-refractivity contribution in [2.24, 2.45) is 26.1 Å². The molecule has 5 N–H and O–H groups in total. The average Bonchev–Trinajstić information content (AvgIpc) is 4.05. The molecule has 4 amide bonds. The zero-order chi connectivity index (χ0) is 43.1. The lowest BCUT2D eigenvalue weighted by Crippen LogP contribution is -2.35. The lowest BCUT2D eigenvalue weighted by molar-refractivity contribution is -0.116.